The van der Waals surface area contributed by atoms with Crippen molar-refractivity contribution < 1.29 is 14.4 Å². The van der Waals surface area contributed by atoms with Crippen LogP contribution in [0.1, 0.15) is 20.7 Å². The van der Waals surface area contributed by atoms with E-state index >= 15 is 0 Å². The van der Waals surface area contributed by atoms with E-state index in [0.717, 1.165) is 0 Å². The highest BCUT2D eigenvalue weighted by molar-refractivity contribution is 6.23. The number of carbonyl (C=O) groups is 3. The topological polar surface area (TPSA) is 66.5 Å². The average molecular weight is 368 g/mol. The second-order valence-electron chi connectivity index (χ2n) is 6.92. The number of benzene rings is 2. The van der Waals surface area contributed by atoms with E-state index in [2.05, 4.69) is 5.32 Å². The molecule has 5 nitrogen and oxygen atoms in total. The zero-order chi connectivity index (χ0) is 19.3. The molecule has 0 fully saturated rings. The molecule has 0 saturated carbocycles. The zero-order valence-electron chi connectivity index (χ0n) is 14.8. The third-order valence-corrected chi connectivity index (χ3v) is 5.38. The van der Waals surface area contributed by atoms with E-state index in [4.69, 9.17) is 0 Å². The summed E-state index contributed by atoms with van der Waals surface area (Å²) in [5, 5.41) is 2.86. The van der Waals surface area contributed by atoms with Crippen LogP contribution in [0.5, 0.6) is 0 Å². The number of anilines is 1. The lowest BCUT2D eigenvalue weighted by molar-refractivity contribution is -0.113. The van der Waals surface area contributed by atoms with Gasteiger partial charge in [-0.15, -0.1) is 0 Å². The molecule has 2 aromatic carbocycles. The Hall–Kier alpha value is -3.73. The van der Waals surface area contributed by atoms with Crippen molar-refractivity contribution in [2.45, 2.75) is 6.04 Å². The highest BCUT2D eigenvalue weighted by Gasteiger charge is 2.53. The average Bonchev–Trinajstić information content (AvgIpc) is 3.08. The minimum atomic E-state index is -0.825. The number of ketones is 2. The summed E-state index contributed by atoms with van der Waals surface area (Å²) in [6, 6.07) is 15.2. The van der Waals surface area contributed by atoms with Gasteiger partial charge in [0, 0.05) is 23.0 Å². The molecule has 2 aliphatic heterocycles. The van der Waals surface area contributed by atoms with Gasteiger partial charge in [-0.3, -0.25) is 14.4 Å². The Morgan fingerprint density at radius 3 is 2.29 bits per heavy atom. The summed E-state index contributed by atoms with van der Waals surface area (Å²) in [4.78, 5) is 41.5. The lowest BCUT2D eigenvalue weighted by atomic mass is 9.76. The molecule has 0 aromatic heterocycles. The number of Topliss-reactive ketones (excluding diaryl/α,β-unsaturated/α-hetero) is 2. The van der Waals surface area contributed by atoms with E-state index in [1.165, 1.54) is 0 Å². The van der Waals surface area contributed by atoms with Gasteiger partial charge in [0.15, 0.2) is 11.6 Å². The third kappa shape index (κ3) is 2.29. The molecule has 2 aromatic rings. The summed E-state index contributed by atoms with van der Waals surface area (Å²) in [6.45, 7) is 0. The first-order valence-electron chi connectivity index (χ1n) is 9.08. The molecule has 0 radical (unpaired) electrons. The van der Waals surface area contributed by atoms with Crippen molar-refractivity contribution in [1.29, 1.82) is 0 Å². The van der Waals surface area contributed by atoms with Crippen molar-refractivity contribution in [2.24, 2.45) is 5.92 Å². The lowest BCUT2D eigenvalue weighted by Gasteiger charge is -2.32. The molecule has 1 N–H and O–H groups in total. The first kappa shape index (κ1) is 16.4. The maximum Gasteiger partial charge on any atom is 0.254 e. The summed E-state index contributed by atoms with van der Waals surface area (Å²) in [5.74, 6) is -1.52. The van der Waals surface area contributed by atoms with Gasteiger partial charge in [0.05, 0.1) is 17.2 Å². The monoisotopic (exact) mass is 368 g/mol. The van der Waals surface area contributed by atoms with Crippen LogP contribution in [0.3, 0.4) is 0 Å². The van der Waals surface area contributed by atoms with Crippen molar-refractivity contribution >= 4 is 23.2 Å². The Morgan fingerprint density at radius 2 is 1.54 bits per heavy atom. The summed E-state index contributed by atoms with van der Waals surface area (Å²) in [7, 11) is 0. The Morgan fingerprint density at radius 1 is 0.857 bits per heavy atom. The van der Waals surface area contributed by atoms with Crippen molar-refractivity contribution in [3.05, 3.63) is 101 Å². The van der Waals surface area contributed by atoms with E-state index in [0.29, 0.717) is 28.1 Å². The highest BCUT2D eigenvalue weighted by atomic mass is 16.2. The van der Waals surface area contributed by atoms with Crippen LogP contribution < -0.4 is 5.32 Å². The second-order valence-corrected chi connectivity index (χ2v) is 6.92. The molecule has 5 rings (SSSR count). The lowest BCUT2D eigenvalue weighted by Crippen LogP contribution is -2.46. The fourth-order valence-corrected chi connectivity index (χ4v) is 4.17. The van der Waals surface area contributed by atoms with Crippen LogP contribution in [0.4, 0.5) is 5.69 Å². The Bertz CT molecular complexity index is 1110. The van der Waals surface area contributed by atoms with Gasteiger partial charge in [0.25, 0.3) is 5.91 Å². The standard InChI is InChI=1S/C23H16N2O3/c26-21-15-10-4-5-11-16(15)22(27)20-19(21)18(17-12-6-7-13-25(17)20)23(28)24-14-8-2-1-3-9-14/h1-13,19-20H,(H,24,28). The summed E-state index contributed by atoms with van der Waals surface area (Å²) >= 11 is 0. The molecule has 0 spiro atoms. The van der Waals surface area contributed by atoms with Gasteiger partial charge in [0.1, 0.15) is 6.04 Å². The quantitative estimate of drug-likeness (QED) is 0.883. The van der Waals surface area contributed by atoms with Crippen LogP contribution in [0.25, 0.3) is 0 Å². The van der Waals surface area contributed by atoms with Gasteiger partial charge in [-0.05, 0) is 24.3 Å². The number of nitrogens with zero attached hydrogens (tertiary/aromatic N) is 1. The number of amides is 1. The van der Waals surface area contributed by atoms with Crippen LogP contribution in [-0.4, -0.2) is 28.4 Å². The highest BCUT2D eigenvalue weighted by Crippen LogP contribution is 2.43. The minimum absolute atomic E-state index is 0.139. The van der Waals surface area contributed by atoms with Gasteiger partial charge in [-0.25, -0.2) is 0 Å². The first-order valence-corrected chi connectivity index (χ1v) is 9.08. The third-order valence-electron chi connectivity index (χ3n) is 5.38. The molecule has 2 unspecified atom stereocenters. The molecule has 28 heavy (non-hydrogen) atoms. The Kier molecular flexibility index (Phi) is 3.62. The fraction of sp³-hybridized carbons (Fsp3) is 0.0870. The maximum absolute atomic E-state index is 13.3. The number of nitrogens with one attached hydrogen (secondary N) is 1. The summed E-state index contributed by atoms with van der Waals surface area (Å²) in [5.41, 5.74) is 2.37. The van der Waals surface area contributed by atoms with E-state index in [1.807, 2.05) is 18.2 Å². The van der Waals surface area contributed by atoms with E-state index in [-0.39, 0.29) is 17.5 Å². The first-order chi connectivity index (χ1) is 13.7. The predicted octanol–water partition coefficient (Wildman–Crippen LogP) is 3.34. The molecular formula is C23H16N2O3. The van der Waals surface area contributed by atoms with Gasteiger partial charge in [-0.2, -0.15) is 0 Å². The molecule has 0 saturated heterocycles. The van der Waals surface area contributed by atoms with Crippen molar-refractivity contribution in [3.63, 3.8) is 0 Å². The van der Waals surface area contributed by atoms with Gasteiger partial charge in [-0.1, -0.05) is 48.5 Å². The fourth-order valence-electron chi connectivity index (χ4n) is 4.17. The molecular weight excluding hydrogens is 352 g/mol. The van der Waals surface area contributed by atoms with Crippen LogP contribution in [0.15, 0.2) is 90.3 Å². The molecule has 1 aliphatic carbocycles. The predicted molar refractivity (Wildman–Crippen MR) is 105 cm³/mol. The van der Waals surface area contributed by atoms with E-state index in [1.54, 1.807) is 65.7 Å². The van der Waals surface area contributed by atoms with Crippen LogP contribution in [-0.2, 0) is 4.79 Å². The summed E-state index contributed by atoms with van der Waals surface area (Å²) in [6.07, 6.45) is 7.15. The molecule has 2 atom stereocenters. The second kappa shape index (κ2) is 6.16. The van der Waals surface area contributed by atoms with Crippen molar-refractivity contribution in [2.75, 3.05) is 5.32 Å². The van der Waals surface area contributed by atoms with Crippen LogP contribution in [0.2, 0.25) is 0 Å². The van der Waals surface area contributed by atoms with E-state index < -0.39 is 12.0 Å². The van der Waals surface area contributed by atoms with Gasteiger partial charge < -0.3 is 10.2 Å². The number of carbonyl (C=O) groups excluding carboxylic acids is 3. The molecule has 0 bridgehead atoms. The molecule has 5 heteroatoms. The number of fused-ring (bicyclic) bond motifs is 4. The largest absolute Gasteiger partial charge is 0.336 e. The Labute approximate surface area is 161 Å². The van der Waals surface area contributed by atoms with Crippen LogP contribution in [0, 0.1) is 5.92 Å². The van der Waals surface area contributed by atoms with Gasteiger partial charge in [0.2, 0.25) is 0 Å². The zero-order valence-corrected chi connectivity index (χ0v) is 14.8. The van der Waals surface area contributed by atoms with Crippen molar-refractivity contribution in [1.82, 2.24) is 4.90 Å². The smallest absolute Gasteiger partial charge is 0.254 e. The summed E-state index contributed by atoms with van der Waals surface area (Å²) < 4.78 is 0. The van der Waals surface area contributed by atoms with Gasteiger partial charge >= 0.3 is 0 Å². The molecule has 3 aliphatic rings. The minimum Gasteiger partial charge on any atom is -0.336 e. The van der Waals surface area contributed by atoms with E-state index in [9.17, 15) is 14.4 Å². The van der Waals surface area contributed by atoms with Crippen molar-refractivity contribution in [3.8, 4) is 0 Å². The normalized spacial score (nSPS) is 22.1. The number of hydrogen-bond donors (Lipinski definition) is 1. The number of hydrogen-bond acceptors (Lipinski definition) is 4. The SMILES string of the molecule is O=C(Nc1ccccc1)C1=C2C=CC=CN2C2C(=O)c3ccccc3C(=O)C12. The molecule has 2 heterocycles. The number of para-hydroxylation sites is 1. The Balaban J connectivity index is 1.63. The maximum atomic E-state index is 13.3. The van der Waals surface area contributed by atoms with Crippen LogP contribution >= 0.6 is 0 Å². The molecule has 1 amide bonds. The molecule has 136 valence electrons. The number of allylic oxidation sites excluding steroid dienone is 3. The number of rotatable bonds is 2.